The molecule has 0 unspecified atom stereocenters. The molecule has 4 rings (SSSR count). The molecule has 2 aliphatic heterocycles. The molecule has 8 heteroatoms. The van der Waals surface area contributed by atoms with Gasteiger partial charge in [-0.05, 0) is 25.0 Å². The molecule has 7 nitrogen and oxygen atoms in total. The number of hydrogen-bond acceptors (Lipinski definition) is 4. The van der Waals surface area contributed by atoms with Gasteiger partial charge in [0, 0.05) is 39.1 Å². The molecule has 0 radical (unpaired) electrons. The molecule has 1 N–H and O–H groups in total. The molecule has 4 amide bonds. The maximum atomic E-state index is 12.7. The van der Waals surface area contributed by atoms with E-state index in [1.165, 1.54) is 4.90 Å². The number of hydrogen-bond donors (Lipinski definition) is 1. The first-order chi connectivity index (χ1) is 13.5. The van der Waals surface area contributed by atoms with Crippen LogP contribution in [-0.2, 0) is 9.59 Å². The van der Waals surface area contributed by atoms with Gasteiger partial charge in [0.2, 0.25) is 5.91 Å². The number of carbonyl (C=O) groups is 3. The largest absolute Gasteiger partial charge is 0.367 e. The number of carbonyl (C=O) groups excluding carboxylic acids is 3. The summed E-state index contributed by atoms with van der Waals surface area (Å²) in [4.78, 5) is 42.7. The van der Waals surface area contributed by atoms with Crippen LogP contribution >= 0.6 is 11.6 Å². The zero-order chi connectivity index (χ0) is 19.7. The fraction of sp³-hybridized carbons (Fsp3) is 0.550. The number of nitrogens with zero attached hydrogens (tertiary/aromatic N) is 3. The molecule has 0 bridgehead atoms. The van der Waals surface area contributed by atoms with Crippen molar-refractivity contribution in [3.05, 3.63) is 29.3 Å². The van der Waals surface area contributed by atoms with Gasteiger partial charge in [-0.3, -0.25) is 14.5 Å². The first-order valence-corrected chi connectivity index (χ1v) is 10.3. The van der Waals surface area contributed by atoms with Gasteiger partial charge in [-0.15, -0.1) is 0 Å². The topological polar surface area (TPSA) is 73.0 Å². The lowest BCUT2D eigenvalue weighted by atomic mass is 9.98. The highest BCUT2D eigenvalue weighted by Gasteiger charge is 2.52. The van der Waals surface area contributed by atoms with Crippen LogP contribution in [0.15, 0.2) is 24.3 Å². The zero-order valence-corrected chi connectivity index (χ0v) is 16.6. The highest BCUT2D eigenvalue weighted by molar-refractivity contribution is 6.33. The van der Waals surface area contributed by atoms with Crippen molar-refractivity contribution in [1.82, 2.24) is 15.1 Å². The summed E-state index contributed by atoms with van der Waals surface area (Å²) in [5, 5.41) is 3.56. The van der Waals surface area contributed by atoms with Crippen molar-refractivity contribution in [3.63, 3.8) is 0 Å². The minimum Gasteiger partial charge on any atom is -0.367 e. The van der Waals surface area contributed by atoms with Crippen LogP contribution in [0.1, 0.15) is 32.1 Å². The van der Waals surface area contributed by atoms with Gasteiger partial charge in [-0.2, -0.15) is 0 Å². The van der Waals surface area contributed by atoms with Crippen LogP contribution in [0.2, 0.25) is 5.02 Å². The number of imide groups is 1. The molecule has 3 aliphatic rings. The Morgan fingerprint density at radius 2 is 1.75 bits per heavy atom. The fourth-order valence-electron chi connectivity index (χ4n) is 4.47. The lowest BCUT2D eigenvalue weighted by Crippen LogP contribution is -2.49. The third-order valence-corrected chi connectivity index (χ3v) is 6.40. The van der Waals surface area contributed by atoms with Crippen LogP contribution in [0.3, 0.4) is 0 Å². The molecule has 0 aromatic heterocycles. The van der Waals surface area contributed by atoms with E-state index in [9.17, 15) is 14.4 Å². The van der Waals surface area contributed by atoms with Gasteiger partial charge < -0.3 is 15.1 Å². The average Bonchev–Trinajstić information content (AvgIpc) is 3.26. The van der Waals surface area contributed by atoms with Crippen molar-refractivity contribution in [2.24, 2.45) is 0 Å². The number of amides is 4. The van der Waals surface area contributed by atoms with Gasteiger partial charge in [0.1, 0.15) is 5.54 Å². The van der Waals surface area contributed by atoms with Gasteiger partial charge in [0.15, 0.2) is 0 Å². The predicted octanol–water partition coefficient (Wildman–Crippen LogP) is 2.24. The molecule has 1 aromatic rings. The van der Waals surface area contributed by atoms with Crippen molar-refractivity contribution in [2.75, 3.05) is 37.6 Å². The van der Waals surface area contributed by atoms with Gasteiger partial charge in [0.25, 0.3) is 5.91 Å². The number of anilines is 1. The number of nitrogens with one attached hydrogen (secondary N) is 1. The van der Waals surface area contributed by atoms with Gasteiger partial charge in [-0.1, -0.05) is 36.6 Å². The first-order valence-electron chi connectivity index (χ1n) is 9.91. The summed E-state index contributed by atoms with van der Waals surface area (Å²) in [5.41, 5.74) is 0.276. The van der Waals surface area contributed by atoms with E-state index in [0.717, 1.165) is 18.5 Å². The molecule has 2 heterocycles. The van der Waals surface area contributed by atoms with E-state index < -0.39 is 5.54 Å². The Balaban J connectivity index is 1.29. The molecule has 0 atom stereocenters. The van der Waals surface area contributed by atoms with Crippen LogP contribution in [0.25, 0.3) is 0 Å². The van der Waals surface area contributed by atoms with E-state index in [-0.39, 0.29) is 30.8 Å². The highest BCUT2D eigenvalue weighted by atomic mass is 35.5. The standard InChI is InChI=1S/C20H25ClN4O3/c21-15-5-1-2-6-16(15)23-11-13-24(14-12-23)17(26)7-10-25-18(27)20(22-19(25)28)8-3-4-9-20/h1-2,5-6H,3-4,7-14H2,(H,22,28). The highest BCUT2D eigenvalue weighted by Crippen LogP contribution is 2.35. The normalized spacial score (nSPS) is 21.5. The van der Waals surface area contributed by atoms with E-state index in [1.807, 2.05) is 24.3 Å². The summed E-state index contributed by atoms with van der Waals surface area (Å²) in [6, 6.07) is 7.34. The number of benzene rings is 1. The third-order valence-electron chi connectivity index (χ3n) is 6.08. The molecule has 3 fully saturated rings. The average molecular weight is 405 g/mol. The van der Waals surface area contributed by atoms with E-state index >= 15 is 0 Å². The molecule has 1 aliphatic carbocycles. The van der Waals surface area contributed by atoms with E-state index in [4.69, 9.17) is 11.6 Å². The first kappa shape index (κ1) is 19.1. The summed E-state index contributed by atoms with van der Waals surface area (Å²) in [5.74, 6) is -0.182. The Bertz CT molecular complexity index is 785. The summed E-state index contributed by atoms with van der Waals surface area (Å²) >= 11 is 6.26. The van der Waals surface area contributed by atoms with Crippen LogP contribution in [0.5, 0.6) is 0 Å². The number of rotatable bonds is 4. The van der Waals surface area contributed by atoms with Crippen LogP contribution in [-0.4, -0.2) is 65.9 Å². The fourth-order valence-corrected chi connectivity index (χ4v) is 4.72. The number of para-hydroxylation sites is 1. The Labute approximate surface area is 169 Å². The van der Waals surface area contributed by atoms with Crippen molar-refractivity contribution >= 4 is 35.1 Å². The Morgan fingerprint density at radius 1 is 1.07 bits per heavy atom. The quantitative estimate of drug-likeness (QED) is 0.781. The van der Waals surface area contributed by atoms with Crippen molar-refractivity contribution in [3.8, 4) is 0 Å². The second kappa shape index (κ2) is 7.62. The van der Waals surface area contributed by atoms with Crippen LogP contribution in [0, 0.1) is 0 Å². The minimum atomic E-state index is -0.708. The summed E-state index contributed by atoms with van der Waals surface area (Å²) in [6.07, 6.45) is 3.47. The molecule has 1 aromatic carbocycles. The number of halogens is 1. The lowest BCUT2D eigenvalue weighted by molar-refractivity contribution is -0.133. The van der Waals surface area contributed by atoms with Crippen molar-refractivity contribution < 1.29 is 14.4 Å². The Kier molecular flexibility index (Phi) is 5.19. The SMILES string of the molecule is O=C(CCN1C(=O)NC2(CCCC2)C1=O)N1CCN(c2ccccc2Cl)CC1. The van der Waals surface area contributed by atoms with E-state index in [2.05, 4.69) is 10.2 Å². The summed E-state index contributed by atoms with van der Waals surface area (Å²) in [6.45, 7) is 2.78. The maximum Gasteiger partial charge on any atom is 0.325 e. The van der Waals surface area contributed by atoms with Gasteiger partial charge in [0.05, 0.1) is 10.7 Å². The number of piperazine rings is 1. The summed E-state index contributed by atoms with van der Waals surface area (Å²) < 4.78 is 0. The summed E-state index contributed by atoms with van der Waals surface area (Å²) in [7, 11) is 0. The van der Waals surface area contributed by atoms with Crippen molar-refractivity contribution in [2.45, 2.75) is 37.6 Å². The lowest BCUT2D eigenvalue weighted by Gasteiger charge is -2.36. The molecule has 1 saturated carbocycles. The van der Waals surface area contributed by atoms with Gasteiger partial charge in [-0.25, -0.2) is 4.79 Å². The molecule has 1 spiro atoms. The van der Waals surface area contributed by atoms with Crippen LogP contribution in [0.4, 0.5) is 10.5 Å². The second-order valence-corrected chi connectivity index (χ2v) is 8.15. The van der Waals surface area contributed by atoms with Crippen LogP contribution < -0.4 is 10.2 Å². The molecular formula is C20H25ClN4O3. The maximum absolute atomic E-state index is 12.7. The predicted molar refractivity (Wildman–Crippen MR) is 106 cm³/mol. The number of urea groups is 1. The molecular weight excluding hydrogens is 380 g/mol. The molecule has 150 valence electrons. The third kappa shape index (κ3) is 3.43. The Morgan fingerprint density at radius 3 is 2.43 bits per heavy atom. The van der Waals surface area contributed by atoms with E-state index in [1.54, 1.807) is 4.90 Å². The monoisotopic (exact) mass is 404 g/mol. The Hall–Kier alpha value is -2.28. The molecule has 2 saturated heterocycles. The minimum absolute atomic E-state index is 0.0215. The molecule has 28 heavy (non-hydrogen) atoms. The smallest absolute Gasteiger partial charge is 0.325 e. The van der Waals surface area contributed by atoms with Gasteiger partial charge >= 0.3 is 6.03 Å². The zero-order valence-electron chi connectivity index (χ0n) is 15.8. The second-order valence-electron chi connectivity index (χ2n) is 7.75. The van der Waals surface area contributed by atoms with E-state index in [0.29, 0.717) is 44.0 Å². The van der Waals surface area contributed by atoms with Crippen molar-refractivity contribution in [1.29, 1.82) is 0 Å².